The van der Waals surface area contributed by atoms with E-state index in [0.29, 0.717) is 5.01 Å². The fourth-order valence-electron chi connectivity index (χ4n) is 3.74. The molecule has 2 aromatic rings. The summed E-state index contributed by atoms with van der Waals surface area (Å²) in [6.45, 7) is 10.4. The van der Waals surface area contributed by atoms with E-state index in [1.807, 2.05) is 27.7 Å². The van der Waals surface area contributed by atoms with Crippen LogP contribution in [0.15, 0.2) is 16.1 Å². The molecule has 6 unspecified atom stereocenters. The van der Waals surface area contributed by atoms with E-state index in [2.05, 4.69) is 31.2 Å². The highest BCUT2D eigenvalue weighted by molar-refractivity contribution is 7.09. The number of aliphatic hydroxyl groups is 1. The van der Waals surface area contributed by atoms with Crippen LogP contribution >= 0.6 is 11.3 Å². The van der Waals surface area contributed by atoms with Gasteiger partial charge in [-0.05, 0) is 25.7 Å². The molecule has 0 aliphatic carbocycles. The van der Waals surface area contributed by atoms with Gasteiger partial charge < -0.3 is 30.8 Å². The SMILES string of the molecule is CCC(C)C1NC(=O)c2coc(n2)C(C(C)C)NC(=O)C(C(C)O)NC(=O)C(C)NC(=O)c2csc1n2. The number of nitrogens with zero attached hydrogens (tertiary/aromatic N) is 2. The van der Waals surface area contributed by atoms with Crippen molar-refractivity contribution in [3.8, 4) is 0 Å². The monoisotopic (exact) mass is 534 g/mol. The summed E-state index contributed by atoms with van der Waals surface area (Å²) in [5.74, 6) is -2.49. The Kier molecular flexibility index (Phi) is 9.02. The fourth-order valence-corrected chi connectivity index (χ4v) is 4.72. The predicted octanol–water partition coefficient (Wildman–Crippen LogP) is 1.46. The molecule has 13 heteroatoms. The van der Waals surface area contributed by atoms with Crippen LogP contribution in [0.25, 0.3) is 0 Å². The van der Waals surface area contributed by atoms with E-state index in [1.165, 1.54) is 31.4 Å². The molecule has 0 spiro atoms. The summed E-state index contributed by atoms with van der Waals surface area (Å²) in [6.07, 6.45) is 0.707. The molecule has 0 saturated carbocycles. The molecular formula is C24H34N6O6S. The number of thiazole rings is 1. The standard InChI is InChI=1S/C24H34N6O6S/c1-7-11(4)17-24-27-15(9-37-24)21(34)25-12(5)19(32)30-18(13(6)31)22(35)28-16(10(2)3)23-26-14(8-36-23)20(33)29-17/h8-13,16-18,31H,7H2,1-6H3,(H,25,34)(H,28,35)(H,29,33)(H,30,32). The molecule has 0 aromatic carbocycles. The van der Waals surface area contributed by atoms with Gasteiger partial charge in [-0.2, -0.15) is 0 Å². The van der Waals surface area contributed by atoms with Crippen molar-refractivity contribution in [3.05, 3.63) is 33.9 Å². The smallest absolute Gasteiger partial charge is 0.273 e. The van der Waals surface area contributed by atoms with Crippen LogP contribution in [0.5, 0.6) is 0 Å². The van der Waals surface area contributed by atoms with Crippen molar-refractivity contribution < 1.29 is 28.7 Å². The Morgan fingerprint density at radius 2 is 1.57 bits per heavy atom. The molecule has 6 atom stereocenters. The Labute approximate surface area is 219 Å². The Hall–Kier alpha value is -3.32. The number of carbonyl (C=O) groups excluding carboxylic acids is 4. The number of aromatic nitrogens is 2. The highest BCUT2D eigenvalue weighted by atomic mass is 32.1. The number of oxazole rings is 1. The summed E-state index contributed by atoms with van der Waals surface area (Å²) in [5.41, 5.74) is 0.115. The number of amides is 4. The molecule has 5 N–H and O–H groups in total. The van der Waals surface area contributed by atoms with Crippen LogP contribution in [0.3, 0.4) is 0 Å². The van der Waals surface area contributed by atoms with E-state index in [4.69, 9.17) is 4.42 Å². The van der Waals surface area contributed by atoms with Gasteiger partial charge in [0.25, 0.3) is 11.8 Å². The number of rotatable bonds is 4. The summed E-state index contributed by atoms with van der Waals surface area (Å²) in [6, 6.07) is -3.57. The number of aliphatic hydroxyl groups excluding tert-OH is 1. The van der Waals surface area contributed by atoms with Gasteiger partial charge in [-0.25, -0.2) is 9.97 Å². The van der Waals surface area contributed by atoms with Gasteiger partial charge in [-0.3, -0.25) is 19.2 Å². The molecule has 4 bridgehead atoms. The van der Waals surface area contributed by atoms with Crippen molar-refractivity contribution in [1.82, 2.24) is 31.2 Å². The second-order valence-electron chi connectivity index (χ2n) is 9.63. The van der Waals surface area contributed by atoms with Crippen LogP contribution in [-0.2, 0) is 9.59 Å². The molecule has 3 heterocycles. The first kappa shape index (κ1) is 28.3. The Morgan fingerprint density at radius 3 is 2.19 bits per heavy atom. The molecule has 1 aliphatic heterocycles. The second kappa shape index (κ2) is 11.8. The molecule has 4 amide bonds. The fraction of sp³-hybridized carbons (Fsp3) is 0.583. The zero-order valence-electron chi connectivity index (χ0n) is 21.7. The molecule has 0 saturated heterocycles. The molecule has 0 fully saturated rings. The van der Waals surface area contributed by atoms with Crippen LogP contribution in [0.4, 0.5) is 0 Å². The summed E-state index contributed by atoms with van der Waals surface area (Å²) >= 11 is 1.22. The van der Waals surface area contributed by atoms with Crippen LogP contribution < -0.4 is 21.3 Å². The summed E-state index contributed by atoms with van der Waals surface area (Å²) in [4.78, 5) is 60.5. The van der Waals surface area contributed by atoms with Crippen molar-refractivity contribution in [2.24, 2.45) is 11.8 Å². The normalized spacial score (nSPS) is 25.3. The van der Waals surface area contributed by atoms with Crippen LogP contribution in [0.2, 0.25) is 0 Å². The van der Waals surface area contributed by atoms with Gasteiger partial charge in [-0.1, -0.05) is 34.1 Å². The predicted molar refractivity (Wildman–Crippen MR) is 135 cm³/mol. The zero-order chi connectivity index (χ0) is 27.4. The lowest BCUT2D eigenvalue weighted by molar-refractivity contribution is -0.133. The number of fused-ring (bicyclic) bond motifs is 4. The lowest BCUT2D eigenvalue weighted by Crippen LogP contribution is -2.57. The number of hydrogen-bond acceptors (Lipinski definition) is 9. The first-order chi connectivity index (χ1) is 17.4. The molecule has 2 aromatic heterocycles. The number of carbonyl (C=O) groups is 4. The molecule has 1 aliphatic rings. The minimum absolute atomic E-state index is 0.00668. The third-order valence-electron chi connectivity index (χ3n) is 6.31. The maximum absolute atomic E-state index is 13.1. The van der Waals surface area contributed by atoms with Gasteiger partial charge in [0.15, 0.2) is 5.69 Å². The topological polar surface area (TPSA) is 176 Å². The largest absolute Gasteiger partial charge is 0.446 e. The molecular weight excluding hydrogens is 500 g/mol. The van der Waals surface area contributed by atoms with Crippen molar-refractivity contribution in [2.75, 3.05) is 0 Å². The minimum Gasteiger partial charge on any atom is -0.446 e. The lowest BCUT2D eigenvalue weighted by Gasteiger charge is -2.26. The van der Waals surface area contributed by atoms with Crippen molar-refractivity contribution in [1.29, 1.82) is 0 Å². The first-order valence-electron chi connectivity index (χ1n) is 12.2. The van der Waals surface area contributed by atoms with Gasteiger partial charge in [-0.15, -0.1) is 11.3 Å². The van der Waals surface area contributed by atoms with Crippen molar-refractivity contribution >= 4 is 35.0 Å². The Bertz CT molecular complexity index is 1140. The minimum atomic E-state index is -1.31. The zero-order valence-corrected chi connectivity index (χ0v) is 22.5. The lowest BCUT2D eigenvalue weighted by atomic mass is 9.99. The van der Waals surface area contributed by atoms with Crippen molar-refractivity contribution in [3.63, 3.8) is 0 Å². The third-order valence-corrected chi connectivity index (χ3v) is 7.24. The average molecular weight is 535 g/mol. The van der Waals surface area contributed by atoms with Gasteiger partial charge in [0.1, 0.15) is 35.1 Å². The molecule has 37 heavy (non-hydrogen) atoms. The summed E-state index contributed by atoms with van der Waals surface area (Å²) < 4.78 is 5.57. The Morgan fingerprint density at radius 1 is 0.919 bits per heavy atom. The van der Waals surface area contributed by atoms with E-state index < -0.39 is 53.9 Å². The number of hydrogen-bond donors (Lipinski definition) is 5. The number of nitrogens with one attached hydrogen (secondary N) is 4. The maximum Gasteiger partial charge on any atom is 0.273 e. The van der Waals surface area contributed by atoms with Gasteiger partial charge in [0, 0.05) is 5.38 Å². The van der Waals surface area contributed by atoms with Gasteiger partial charge in [0.2, 0.25) is 17.7 Å². The molecule has 3 rings (SSSR count). The van der Waals surface area contributed by atoms with Crippen LogP contribution in [-0.4, -0.2) is 56.9 Å². The van der Waals surface area contributed by atoms with Crippen LogP contribution in [0, 0.1) is 11.8 Å². The van der Waals surface area contributed by atoms with Gasteiger partial charge in [0.05, 0.1) is 12.1 Å². The van der Waals surface area contributed by atoms with Crippen molar-refractivity contribution in [2.45, 2.75) is 78.2 Å². The van der Waals surface area contributed by atoms with E-state index in [1.54, 1.807) is 5.38 Å². The second-order valence-corrected chi connectivity index (χ2v) is 10.5. The highest BCUT2D eigenvalue weighted by Gasteiger charge is 2.33. The Balaban J connectivity index is 2.04. The quantitative estimate of drug-likeness (QED) is 0.392. The maximum atomic E-state index is 13.1. The molecule has 12 nitrogen and oxygen atoms in total. The first-order valence-corrected chi connectivity index (χ1v) is 13.1. The highest BCUT2D eigenvalue weighted by Crippen LogP contribution is 2.28. The summed E-state index contributed by atoms with van der Waals surface area (Å²) in [5, 5.41) is 23.0. The van der Waals surface area contributed by atoms with E-state index in [9.17, 15) is 24.3 Å². The van der Waals surface area contributed by atoms with Gasteiger partial charge >= 0.3 is 0 Å². The van der Waals surface area contributed by atoms with E-state index >= 15 is 0 Å². The summed E-state index contributed by atoms with van der Waals surface area (Å²) in [7, 11) is 0. The van der Waals surface area contributed by atoms with E-state index in [-0.39, 0.29) is 29.1 Å². The average Bonchev–Trinajstić information content (AvgIpc) is 3.53. The molecule has 202 valence electrons. The third kappa shape index (κ3) is 6.52. The molecule has 0 radical (unpaired) electrons. The van der Waals surface area contributed by atoms with Crippen LogP contribution in [0.1, 0.15) is 91.9 Å². The van der Waals surface area contributed by atoms with E-state index in [0.717, 1.165) is 6.42 Å².